The molecule has 0 bridgehead atoms. The number of benzene rings is 2. The van der Waals surface area contributed by atoms with Crippen LogP contribution in [0.15, 0.2) is 48.5 Å². The van der Waals surface area contributed by atoms with Gasteiger partial charge in [0.2, 0.25) is 0 Å². The molecule has 0 aromatic heterocycles. The summed E-state index contributed by atoms with van der Waals surface area (Å²) in [6.07, 6.45) is 0.723. The number of ether oxygens (including phenoxy) is 2. The Labute approximate surface area is 166 Å². The molecule has 2 aromatic rings. The lowest BCUT2D eigenvalue weighted by atomic mass is 10.1. The summed E-state index contributed by atoms with van der Waals surface area (Å²) in [5, 5.41) is 9.08. The van der Waals surface area contributed by atoms with Crippen molar-refractivity contribution < 1.29 is 33.8 Å². The Morgan fingerprint density at radius 2 is 1.59 bits per heavy atom. The van der Waals surface area contributed by atoms with Gasteiger partial charge in [-0.05, 0) is 42.8 Å². The van der Waals surface area contributed by atoms with Crippen molar-refractivity contribution >= 4 is 23.8 Å². The third-order valence-corrected chi connectivity index (χ3v) is 3.61. The number of carbonyl (C=O) groups is 4. The second-order valence-corrected chi connectivity index (χ2v) is 5.80. The standard InChI is InChI=1S/C20H20N2O7/c1-2-11-28-20(27)13-7-9-14(10-8-13)29-12-17(23)21-22-18(24)15-5-3-4-6-16(15)19(25)26/h3-10H,2,11-12H2,1H3,(H,21,23)(H,22,24)(H,25,26). The Balaban J connectivity index is 1.82. The molecule has 0 aliphatic heterocycles. The first kappa shape index (κ1) is 21.4. The number of hydrogen-bond acceptors (Lipinski definition) is 6. The highest BCUT2D eigenvalue weighted by molar-refractivity contribution is 6.05. The van der Waals surface area contributed by atoms with Crippen molar-refractivity contribution in [3.05, 3.63) is 65.2 Å². The highest BCUT2D eigenvalue weighted by atomic mass is 16.5. The number of rotatable bonds is 8. The highest BCUT2D eigenvalue weighted by Gasteiger charge is 2.16. The molecule has 0 saturated heterocycles. The van der Waals surface area contributed by atoms with Crippen LogP contribution in [0.25, 0.3) is 0 Å². The molecule has 29 heavy (non-hydrogen) atoms. The summed E-state index contributed by atoms with van der Waals surface area (Å²) >= 11 is 0. The molecule has 2 aromatic carbocycles. The van der Waals surface area contributed by atoms with Crippen molar-refractivity contribution in [2.45, 2.75) is 13.3 Å². The number of carboxylic acid groups (broad SMARTS) is 1. The molecule has 0 heterocycles. The van der Waals surface area contributed by atoms with Crippen LogP contribution in [-0.2, 0) is 9.53 Å². The predicted octanol–water partition coefficient (Wildman–Crippen LogP) is 1.79. The predicted molar refractivity (Wildman–Crippen MR) is 102 cm³/mol. The average molecular weight is 400 g/mol. The molecule has 9 nitrogen and oxygen atoms in total. The van der Waals surface area contributed by atoms with Gasteiger partial charge in [-0.1, -0.05) is 19.1 Å². The smallest absolute Gasteiger partial charge is 0.338 e. The van der Waals surface area contributed by atoms with Crippen molar-refractivity contribution in [3.8, 4) is 5.75 Å². The van der Waals surface area contributed by atoms with Crippen LogP contribution >= 0.6 is 0 Å². The van der Waals surface area contributed by atoms with Crippen LogP contribution in [0.2, 0.25) is 0 Å². The van der Waals surface area contributed by atoms with Crippen molar-refractivity contribution in [2.75, 3.05) is 13.2 Å². The molecule has 0 unspecified atom stereocenters. The third kappa shape index (κ3) is 6.35. The number of hydrazine groups is 1. The second-order valence-electron chi connectivity index (χ2n) is 5.80. The first-order chi connectivity index (χ1) is 13.9. The van der Waals surface area contributed by atoms with Crippen LogP contribution in [0, 0.1) is 0 Å². The minimum Gasteiger partial charge on any atom is -0.484 e. The number of carbonyl (C=O) groups excluding carboxylic acids is 3. The summed E-state index contributed by atoms with van der Waals surface area (Å²) in [5.74, 6) is -2.79. The normalized spacial score (nSPS) is 9.97. The van der Waals surface area contributed by atoms with E-state index in [4.69, 9.17) is 14.6 Å². The fourth-order valence-electron chi connectivity index (χ4n) is 2.21. The maximum Gasteiger partial charge on any atom is 0.338 e. The Morgan fingerprint density at radius 1 is 0.931 bits per heavy atom. The Hall–Kier alpha value is -3.88. The first-order valence-corrected chi connectivity index (χ1v) is 8.74. The van der Waals surface area contributed by atoms with Gasteiger partial charge in [0.05, 0.1) is 23.3 Å². The molecule has 152 valence electrons. The molecular weight excluding hydrogens is 380 g/mol. The maximum atomic E-state index is 12.1. The van der Waals surface area contributed by atoms with E-state index in [-0.39, 0.29) is 11.1 Å². The number of nitrogens with one attached hydrogen (secondary N) is 2. The van der Waals surface area contributed by atoms with Gasteiger partial charge in [0.15, 0.2) is 6.61 Å². The summed E-state index contributed by atoms with van der Waals surface area (Å²) in [6, 6.07) is 11.6. The van der Waals surface area contributed by atoms with Crippen LogP contribution in [0.4, 0.5) is 0 Å². The Bertz CT molecular complexity index is 894. The largest absolute Gasteiger partial charge is 0.484 e. The molecule has 0 aliphatic rings. The van der Waals surface area contributed by atoms with Crippen molar-refractivity contribution in [3.63, 3.8) is 0 Å². The Morgan fingerprint density at radius 3 is 2.21 bits per heavy atom. The van der Waals surface area contributed by atoms with Gasteiger partial charge >= 0.3 is 11.9 Å². The van der Waals surface area contributed by atoms with Crippen LogP contribution in [0.3, 0.4) is 0 Å². The van der Waals surface area contributed by atoms with Crippen LogP contribution in [0.1, 0.15) is 44.4 Å². The molecule has 0 radical (unpaired) electrons. The zero-order valence-electron chi connectivity index (χ0n) is 15.6. The van der Waals surface area contributed by atoms with E-state index in [1.807, 2.05) is 6.92 Å². The fraction of sp³-hybridized carbons (Fsp3) is 0.200. The summed E-state index contributed by atoms with van der Waals surface area (Å²) in [5.41, 5.74) is 4.35. The zero-order valence-corrected chi connectivity index (χ0v) is 15.6. The zero-order chi connectivity index (χ0) is 21.2. The van der Waals surface area contributed by atoms with E-state index in [0.717, 1.165) is 6.42 Å². The second kappa shape index (κ2) is 10.5. The monoisotopic (exact) mass is 400 g/mol. The Kier molecular flexibility index (Phi) is 7.72. The van der Waals surface area contributed by atoms with Crippen molar-refractivity contribution in [1.29, 1.82) is 0 Å². The van der Waals surface area contributed by atoms with E-state index in [1.54, 1.807) is 0 Å². The van der Waals surface area contributed by atoms with Gasteiger partial charge in [0.25, 0.3) is 11.8 Å². The van der Waals surface area contributed by atoms with E-state index in [2.05, 4.69) is 10.9 Å². The SMILES string of the molecule is CCCOC(=O)c1ccc(OCC(=O)NNC(=O)c2ccccc2C(=O)O)cc1. The molecule has 0 aliphatic carbocycles. The highest BCUT2D eigenvalue weighted by Crippen LogP contribution is 2.13. The quantitative estimate of drug-likeness (QED) is 0.455. The van der Waals surface area contributed by atoms with Gasteiger partial charge < -0.3 is 14.6 Å². The van der Waals surface area contributed by atoms with Crippen LogP contribution in [-0.4, -0.2) is 42.1 Å². The molecule has 2 amide bonds. The molecule has 0 fully saturated rings. The number of carboxylic acids is 1. The van der Waals surface area contributed by atoms with Crippen molar-refractivity contribution in [2.24, 2.45) is 0 Å². The lowest BCUT2D eigenvalue weighted by molar-refractivity contribution is -0.123. The van der Waals surface area contributed by atoms with Crippen molar-refractivity contribution in [1.82, 2.24) is 10.9 Å². The van der Waals surface area contributed by atoms with E-state index >= 15 is 0 Å². The summed E-state index contributed by atoms with van der Waals surface area (Å²) < 4.78 is 10.3. The topological polar surface area (TPSA) is 131 Å². The molecule has 0 spiro atoms. The lowest BCUT2D eigenvalue weighted by Gasteiger charge is -2.10. The minimum absolute atomic E-state index is 0.0910. The molecule has 9 heteroatoms. The fourth-order valence-corrected chi connectivity index (χ4v) is 2.21. The van der Waals surface area contributed by atoms with Gasteiger partial charge in [0, 0.05) is 0 Å². The number of hydrogen-bond donors (Lipinski definition) is 3. The van der Waals surface area contributed by atoms with Gasteiger partial charge in [0.1, 0.15) is 5.75 Å². The van der Waals surface area contributed by atoms with E-state index in [9.17, 15) is 19.2 Å². The molecule has 0 atom stereocenters. The summed E-state index contributed by atoms with van der Waals surface area (Å²) in [7, 11) is 0. The number of amides is 2. The average Bonchev–Trinajstić information content (AvgIpc) is 2.74. The van der Waals surface area contributed by atoms with Gasteiger partial charge in [-0.25, -0.2) is 9.59 Å². The van der Waals surface area contributed by atoms with Gasteiger partial charge in [-0.15, -0.1) is 0 Å². The summed E-state index contributed by atoms with van der Waals surface area (Å²) in [4.78, 5) is 46.7. The lowest BCUT2D eigenvalue weighted by Crippen LogP contribution is -2.44. The van der Waals surface area contributed by atoms with Gasteiger partial charge in [-0.2, -0.15) is 0 Å². The first-order valence-electron chi connectivity index (χ1n) is 8.74. The van der Waals surface area contributed by atoms with Crippen LogP contribution in [0.5, 0.6) is 5.75 Å². The molecular formula is C20H20N2O7. The number of aromatic carboxylic acids is 1. The molecule has 0 saturated carbocycles. The van der Waals surface area contributed by atoms with Crippen LogP contribution < -0.4 is 15.6 Å². The number of esters is 1. The van der Waals surface area contributed by atoms with Gasteiger partial charge in [-0.3, -0.25) is 20.4 Å². The minimum atomic E-state index is -1.26. The van der Waals surface area contributed by atoms with E-state index < -0.39 is 30.4 Å². The summed E-state index contributed by atoms with van der Waals surface area (Å²) in [6.45, 7) is 1.82. The third-order valence-electron chi connectivity index (χ3n) is 3.61. The maximum absolute atomic E-state index is 12.1. The molecule has 3 N–H and O–H groups in total. The molecule has 2 rings (SSSR count). The van der Waals surface area contributed by atoms with E-state index in [0.29, 0.717) is 17.9 Å². The van der Waals surface area contributed by atoms with E-state index in [1.165, 1.54) is 48.5 Å².